The molecule has 7 heteroatoms. The molecule has 0 heterocycles. The summed E-state index contributed by atoms with van der Waals surface area (Å²) in [6.45, 7) is 2.12. The second-order valence-electron chi connectivity index (χ2n) is 5.47. The van der Waals surface area contributed by atoms with Gasteiger partial charge in [0, 0.05) is 18.1 Å². The number of hydrogen-bond acceptors (Lipinski definition) is 3. The molecule has 0 bridgehead atoms. The Hall–Kier alpha value is -0.920. The third-order valence-electron chi connectivity index (χ3n) is 4.00. The molecular weight excluding hydrogens is 358 g/mol. The van der Waals surface area contributed by atoms with Crippen LogP contribution in [0.1, 0.15) is 35.2 Å². The third kappa shape index (κ3) is 3.30. The number of carboxylic acids is 1. The van der Waals surface area contributed by atoms with Crippen molar-refractivity contribution in [3.05, 3.63) is 27.7 Å². The Balaban J connectivity index is 2.37. The van der Waals surface area contributed by atoms with Crippen molar-refractivity contribution in [2.45, 2.75) is 31.1 Å². The molecule has 0 atom stereocenters. The smallest absolute Gasteiger partial charge is 0.336 e. The van der Waals surface area contributed by atoms with E-state index in [0.29, 0.717) is 22.5 Å². The lowest BCUT2D eigenvalue weighted by Crippen LogP contribution is -2.34. The summed E-state index contributed by atoms with van der Waals surface area (Å²) in [6, 6.07) is 2.70. The lowest BCUT2D eigenvalue weighted by atomic mass is 9.86. The van der Waals surface area contributed by atoms with Crippen LogP contribution in [0.15, 0.2) is 21.5 Å². The number of hydrogen-bond donors (Lipinski definition) is 1. The van der Waals surface area contributed by atoms with Crippen LogP contribution in [-0.4, -0.2) is 37.4 Å². The van der Waals surface area contributed by atoms with Crippen LogP contribution in [0.2, 0.25) is 0 Å². The number of halogens is 1. The molecule has 5 nitrogen and oxygen atoms in total. The molecule has 1 aromatic rings. The number of carboxylic acid groups (broad SMARTS) is 1. The van der Waals surface area contributed by atoms with Crippen LogP contribution in [0.4, 0.5) is 0 Å². The van der Waals surface area contributed by atoms with Crippen molar-refractivity contribution in [2.24, 2.45) is 5.92 Å². The van der Waals surface area contributed by atoms with Gasteiger partial charge in [0.1, 0.15) is 0 Å². The predicted molar refractivity (Wildman–Crippen MR) is 83.0 cm³/mol. The van der Waals surface area contributed by atoms with Crippen molar-refractivity contribution < 1.29 is 18.3 Å². The highest BCUT2D eigenvalue weighted by Crippen LogP contribution is 2.30. The first-order valence-electron chi connectivity index (χ1n) is 6.73. The minimum absolute atomic E-state index is 0.00000541. The number of rotatable bonds is 5. The average Bonchev–Trinajstić information content (AvgIpc) is 2.35. The van der Waals surface area contributed by atoms with Crippen LogP contribution in [0.5, 0.6) is 0 Å². The molecule has 0 radical (unpaired) electrons. The maximum atomic E-state index is 12.6. The SMILES string of the molecule is Cc1c(Br)cc(S(=O)(=O)N(C)CC2CCC2)cc1C(=O)O. The molecule has 116 valence electrons. The second kappa shape index (κ2) is 6.06. The summed E-state index contributed by atoms with van der Waals surface area (Å²) in [5, 5.41) is 9.18. The van der Waals surface area contributed by atoms with E-state index in [9.17, 15) is 18.3 Å². The normalized spacial score (nSPS) is 16.0. The molecule has 0 amide bonds. The standard InChI is InChI=1S/C14H18BrNO4S/c1-9-12(14(17)18)6-11(7-13(9)15)21(19,20)16(2)8-10-4-3-5-10/h6-7,10H,3-5,8H2,1-2H3,(H,17,18). The molecular formula is C14H18BrNO4S. The minimum atomic E-state index is -3.67. The molecule has 1 N–H and O–H groups in total. The van der Waals surface area contributed by atoms with E-state index in [0.717, 1.165) is 19.3 Å². The maximum Gasteiger partial charge on any atom is 0.336 e. The summed E-state index contributed by atoms with van der Waals surface area (Å²) in [5.41, 5.74) is 0.517. The first-order valence-corrected chi connectivity index (χ1v) is 8.96. The van der Waals surface area contributed by atoms with Gasteiger partial charge in [-0.2, -0.15) is 0 Å². The van der Waals surface area contributed by atoms with Crippen LogP contribution in [0.25, 0.3) is 0 Å². The lowest BCUT2D eigenvalue weighted by molar-refractivity contribution is 0.0695. The highest BCUT2D eigenvalue weighted by molar-refractivity contribution is 9.10. The van der Waals surface area contributed by atoms with Gasteiger partial charge in [-0.3, -0.25) is 0 Å². The van der Waals surface area contributed by atoms with Gasteiger partial charge in [-0.15, -0.1) is 0 Å². The highest BCUT2D eigenvalue weighted by atomic mass is 79.9. The summed E-state index contributed by atoms with van der Waals surface area (Å²) in [7, 11) is -2.12. The van der Waals surface area contributed by atoms with Crippen molar-refractivity contribution in [2.75, 3.05) is 13.6 Å². The van der Waals surface area contributed by atoms with E-state index in [1.807, 2.05) is 0 Å². The van der Waals surface area contributed by atoms with E-state index in [4.69, 9.17) is 0 Å². The molecule has 0 spiro atoms. The van der Waals surface area contributed by atoms with Crippen LogP contribution in [0, 0.1) is 12.8 Å². The third-order valence-corrected chi connectivity index (χ3v) is 6.62. The monoisotopic (exact) mass is 375 g/mol. The van der Waals surface area contributed by atoms with E-state index < -0.39 is 16.0 Å². The quantitative estimate of drug-likeness (QED) is 0.858. The molecule has 1 fully saturated rings. The number of carbonyl (C=O) groups is 1. The molecule has 0 saturated heterocycles. The predicted octanol–water partition coefficient (Wildman–Crippen LogP) is 2.88. The van der Waals surface area contributed by atoms with Gasteiger partial charge in [0.15, 0.2) is 0 Å². The van der Waals surface area contributed by atoms with E-state index in [2.05, 4.69) is 15.9 Å². The van der Waals surface area contributed by atoms with E-state index >= 15 is 0 Å². The Kier molecular flexibility index (Phi) is 4.75. The molecule has 0 unspecified atom stereocenters. The number of nitrogens with zero attached hydrogens (tertiary/aromatic N) is 1. The fraction of sp³-hybridized carbons (Fsp3) is 0.500. The molecule has 0 aromatic heterocycles. The molecule has 1 aliphatic carbocycles. The lowest BCUT2D eigenvalue weighted by Gasteiger charge is -2.29. The topological polar surface area (TPSA) is 74.7 Å². The van der Waals surface area contributed by atoms with Crippen molar-refractivity contribution >= 4 is 31.9 Å². The second-order valence-corrected chi connectivity index (χ2v) is 8.36. The van der Waals surface area contributed by atoms with Gasteiger partial charge in [0.05, 0.1) is 10.5 Å². The molecule has 1 aromatic carbocycles. The van der Waals surface area contributed by atoms with Gasteiger partial charge in [-0.05, 0) is 43.4 Å². The van der Waals surface area contributed by atoms with Crippen LogP contribution in [-0.2, 0) is 10.0 Å². The largest absolute Gasteiger partial charge is 0.478 e. The maximum absolute atomic E-state index is 12.6. The van der Waals surface area contributed by atoms with Crippen molar-refractivity contribution in [3.8, 4) is 0 Å². The fourth-order valence-corrected chi connectivity index (χ4v) is 4.25. The first-order chi connectivity index (χ1) is 9.73. The van der Waals surface area contributed by atoms with Gasteiger partial charge in [-0.1, -0.05) is 22.4 Å². The van der Waals surface area contributed by atoms with Gasteiger partial charge in [-0.25, -0.2) is 17.5 Å². The molecule has 1 aliphatic rings. The summed E-state index contributed by atoms with van der Waals surface area (Å²) >= 11 is 3.24. The first kappa shape index (κ1) is 16.5. The van der Waals surface area contributed by atoms with Crippen molar-refractivity contribution in [3.63, 3.8) is 0 Å². The Morgan fingerprint density at radius 2 is 2.05 bits per heavy atom. The minimum Gasteiger partial charge on any atom is -0.478 e. The number of aromatic carboxylic acids is 1. The molecule has 2 rings (SSSR count). The fourth-order valence-electron chi connectivity index (χ4n) is 2.34. The van der Waals surface area contributed by atoms with Gasteiger partial charge in [0.25, 0.3) is 0 Å². The Labute approximate surface area is 133 Å². The molecule has 0 aliphatic heterocycles. The van der Waals surface area contributed by atoms with Crippen molar-refractivity contribution in [1.29, 1.82) is 0 Å². The number of sulfonamides is 1. The summed E-state index contributed by atoms with van der Waals surface area (Å²) in [6.07, 6.45) is 3.26. The Bertz CT molecular complexity index is 668. The number of benzene rings is 1. The zero-order valence-corrected chi connectivity index (χ0v) is 14.4. The Morgan fingerprint density at radius 1 is 1.43 bits per heavy atom. The van der Waals surface area contributed by atoms with Crippen LogP contribution < -0.4 is 0 Å². The van der Waals surface area contributed by atoms with Crippen LogP contribution in [0.3, 0.4) is 0 Å². The summed E-state index contributed by atoms with van der Waals surface area (Å²) in [4.78, 5) is 11.2. The molecule has 21 heavy (non-hydrogen) atoms. The van der Waals surface area contributed by atoms with Gasteiger partial charge >= 0.3 is 5.97 Å². The van der Waals surface area contributed by atoms with E-state index in [-0.39, 0.29) is 10.5 Å². The highest BCUT2D eigenvalue weighted by Gasteiger charge is 2.28. The zero-order valence-electron chi connectivity index (χ0n) is 12.0. The average molecular weight is 376 g/mol. The van der Waals surface area contributed by atoms with Gasteiger partial charge in [0.2, 0.25) is 10.0 Å². The molecule has 1 saturated carbocycles. The van der Waals surface area contributed by atoms with E-state index in [1.165, 1.54) is 16.4 Å². The van der Waals surface area contributed by atoms with Crippen LogP contribution >= 0.6 is 15.9 Å². The zero-order chi connectivity index (χ0) is 15.8. The van der Waals surface area contributed by atoms with E-state index in [1.54, 1.807) is 14.0 Å². The van der Waals surface area contributed by atoms with Gasteiger partial charge < -0.3 is 5.11 Å². The summed E-state index contributed by atoms with van der Waals surface area (Å²) in [5.74, 6) is -0.718. The summed E-state index contributed by atoms with van der Waals surface area (Å²) < 4.78 is 26.9. The Morgan fingerprint density at radius 3 is 2.52 bits per heavy atom. The van der Waals surface area contributed by atoms with Crippen molar-refractivity contribution in [1.82, 2.24) is 4.31 Å².